The number of nitrogens with one attached hydrogen (secondary N) is 3. The lowest BCUT2D eigenvalue weighted by atomic mass is 10.1. The number of hydrogen-bond donors (Lipinski definition) is 4. The molecule has 2 aromatic heterocycles. The minimum absolute atomic E-state index is 0.0351. The third kappa shape index (κ3) is 8.47. The zero-order chi connectivity index (χ0) is 24.1. The summed E-state index contributed by atoms with van der Waals surface area (Å²) in [7, 11) is 1.42. The van der Waals surface area contributed by atoms with Crippen molar-refractivity contribution in [1.82, 2.24) is 15.3 Å². The van der Waals surface area contributed by atoms with Crippen LogP contribution in [0, 0.1) is 5.41 Å². The Hall–Kier alpha value is -3.56. The first kappa shape index (κ1) is 25.7. The molecule has 0 saturated carbocycles. The Morgan fingerprint density at radius 3 is 2.67 bits per heavy atom. The maximum Gasteiger partial charge on any atom is 0.352 e. The number of rotatable bonds is 15. The second kappa shape index (κ2) is 13.8. The summed E-state index contributed by atoms with van der Waals surface area (Å²) in [6.45, 7) is 3.03. The van der Waals surface area contributed by atoms with E-state index < -0.39 is 23.6 Å². The van der Waals surface area contributed by atoms with Crippen molar-refractivity contribution < 1.29 is 19.1 Å². The van der Waals surface area contributed by atoms with E-state index in [1.165, 1.54) is 58.1 Å². The Balaban J connectivity index is 1.92. The fourth-order valence-electron chi connectivity index (χ4n) is 3.15. The van der Waals surface area contributed by atoms with Crippen molar-refractivity contribution in [2.75, 3.05) is 18.9 Å². The maximum atomic E-state index is 12.4. The van der Waals surface area contributed by atoms with E-state index in [0.717, 1.165) is 13.0 Å². The van der Waals surface area contributed by atoms with Crippen LogP contribution in [-0.2, 0) is 4.79 Å². The van der Waals surface area contributed by atoms with Crippen molar-refractivity contribution in [3.05, 3.63) is 30.3 Å². The van der Waals surface area contributed by atoms with Crippen LogP contribution in [0.1, 0.15) is 62.4 Å². The SMILES string of the molecule is CCCCCCCCCNc1cc(-c2nc(C(=O)NC(C=NC)C(=N)C(=O)O)co2)ccn1. The van der Waals surface area contributed by atoms with E-state index in [1.807, 2.05) is 0 Å². The molecule has 0 aliphatic heterocycles. The smallest absolute Gasteiger partial charge is 0.352 e. The second-order valence-corrected chi connectivity index (χ2v) is 7.59. The van der Waals surface area contributed by atoms with E-state index in [0.29, 0.717) is 11.4 Å². The molecule has 0 aliphatic carbocycles. The van der Waals surface area contributed by atoms with Gasteiger partial charge in [-0.25, -0.2) is 14.8 Å². The van der Waals surface area contributed by atoms with E-state index in [-0.39, 0.29) is 11.6 Å². The quantitative estimate of drug-likeness (QED) is 0.235. The molecule has 0 aromatic carbocycles. The zero-order valence-corrected chi connectivity index (χ0v) is 19.1. The molecule has 0 bridgehead atoms. The van der Waals surface area contributed by atoms with Crippen LogP contribution < -0.4 is 10.6 Å². The van der Waals surface area contributed by atoms with E-state index in [9.17, 15) is 9.59 Å². The molecule has 1 atom stereocenters. The van der Waals surface area contributed by atoms with Gasteiger partial charge in [0.2, 0.25) is 5.89 Å². The van der Waals surface area contributed by atoms with E-state index in [1.54, 1.807) is 18.3 Å². The predicted octanol–water partition coefficient (Wildman–Crippen LogP) is 3.80. The van der Waals surface area contributed by atoms with Gasteiger partial charge in [-0.05, 0) is 18.6 Å². The van der Waals surface area contributed by atoms with Crippen molar-refractivity contribution in [2.24, 2.45) is 4.99 Å². The fourth-order valence-corrected chi connectivity index (χ4v) is 3.15. The molecule has 178 valence electrons. The standard InChI is InChI=1S/C23H32N6O4/c1-3-4-5-6-7-8-9-11-26-19-13-16(10-12-27-19)22-29-18(15-33-22)21(30)28-17(14-25-2)20(24)23(31)32/h10,12-15,17,24H,3-9,11H2,1-2H3,(H,26,27)(H,28,30)(H,31,32). The topological polar surface area (TPSA) is 154 Å². The highest BCUT2D eigenvalue weighted by Gasteiger charge is 2.23. The number of carbonyl (C=O) groups is 2. The van der Waals surface area contributed by atoms with Crippen LogP contribution >= 0.6 is 0 Å². The van der Waals surface area contributed by atoms with E-state index in [2.05, 4.69) is 32.5 Å². The summed E-state index contributed by atoms with van der Waals surface area (Å²) in [6, 6.07) is 2.34. The molecule has 1 amide bonds. The summed E-state index contributed by atoms with van der Waals surface area (Å²) in [5.41, 5.74) is -0.0911. The average molecular weight is 457 g/mol. The number of oxazole rings is 1. The number of amides is 1. The molecule has 10 heteroatoms. The minimum Gasteiger partial charge on any atom is -0.477 e. The van der Waals surface area contributed by atoms with Crippen molar-refractivity contribution in [1.29, 1.82) is 5.41 Å². The molecule has 33 heavy (non-hydrogen) atoms. The lowest BCUT2D eigenvalue weighted by Gasteiger charge is -2.11. The Bertz CT molecular complexity index is 956. The van der Waals surface area contributed by atoms with Gasteiger partial charge < -0.3 is 20.2 Å². The number of carboxylic acids is 1. The van der Waals surface area contributed by atoms with Gasteiger partial charge in [0.15, 0.2) is 5.69 Å². The maximum absolute atomic E-state index is 12.4. The monoisotopic (exact) mass is 456 g/mol. The Labute approximate surface area is 193 Å². The fraction of sp³-hybridized carbons (Fsp3) is 0.478. The van der Waals surface area contributed by atoms with Crippen molar-refractivity contribution in [3.63, 3.8) is 0 Å². The summed E-state index contributed by atoms with van der Waals surface area (Å²) in [5, 5.41) is 22.3. The van der Waals surface area contributed by atoms with Crippen LogP contribution in [0.25, 0.3) is 11.5 Å². The molecule has 2 aromatic rings. The number of aromatic nitrogens is 2. The highest BCUT2D eigenvalue weighted by molar-refractivity contribution is 6.40. The van der Waals surface area contributed by atoms with E-state index >= 15 is 0 Å². The molecule has 0 aliphatic rings. The van der Waals surface area contributed by atoms with Crippen molar-refractivity contribution >= 4 is 29.6 Å². The number of pyridine rings is 1. The summed E-state index contributed by atoms with van der Waals surface area (Å²) in [4.78, 5) is 35.7. The van der Waals surface area contributed by atoms with Crippen LogP contribution in [0.2, 0.25) is 0 Å². The number of hydrogen-bond acceptors (Lipinski definition) is 8. The average Bonchev–Trinajstić information content (AvgIpc) is 3.31. The molecule has 0 saturated heterocycles. The van der Waals surface area contributed by atoms with Gasteiger partial charge in [-0.2, -0.15) is 0 Å². The highest BCUT2D eigenvalue weighted by Crippen LogP contribution is 2.21. The van der Waals surface area contributed by atoms with Gasteiger partial charge in [-0.1, -0.05) is 45.4 Å². The molecular weight excluding hydrogens is 424 g/mol. The lowest BCUT2D eigenvalue weighted by molar-refractivity contribution is -0.129. The number of unbranched alkanes of at least 4 members (excludes halogenated alkanes) is 6. The first-order valence-corrected chi connectivity index (χ1v) is 11.2. The Morgan fingerprint density at radius 2 is 1.97 bits per heavy atom. The molecule has 2 heterocycles. The lowest BCUT2D eigenvalue weighted by Crippen LogP contribution is -2.44. The van der Waals surface area contributed by atoms with Crippen molar-refractivity contribution in [2.45, 2.75) is 57.9 Å². The first-order valence-electron chi connectivity index (χ1n) is 11.2. The van der Waals surface area contributed by atoms with Crippen LogP contribution in [0.3, 0.4) is 0 Å². The summed E-state index contributed by atoms with van der Waals surface area (Å²) in [5.74, 6) is -1.20. The van der Waals surface area contributed by atoms with E-state index in [4.69, 9.17) is 14.9 Å². The number of nitrogens with zero attached hydrogens (tertiary/aromatic N) is 3. The molecule has 0 radical (unpaired) electrons. The van der Waals surface area contributed by atoms with Gasteiger partial charge in [0.25, 0.3) is 5.91 Å². The normalized spacial score (nSPS) is 11.9. The summed E-state index contributed by atoms with van der Waals surface area (Å²) in [6.07, 6.45) is 12.6. The van der Waals surface area contributed by atoms with Gasteiger partial charge >= 0.3 is 5.97 Å². The van der Waals surface area contributed by atoms with Gasteiger partial charge in [-0.3, -0.25) is 15.2 Å². The van der Waals surface area contributed by atoms with Crippen LogP contribution in [0.5, 0.6) is 0 Å². The predicted molar refractivity (Wildman–Crippen MR) is 127 cm³/mol. The summed E-state index contributed by atoms with van der Waals surface area (Å²) < 4.78 is 5.43. The minimum atomic E-state index is -1.45. The first-order chi connectivity index (χ1) is 16.0. The number of anilines is 1. The van der Waals surface area contributed by atoms with Gasteiger partial charge in [0.1, 0.15) is 23.8 Å². The zero-order valence-electron chi connectivity index (χ0n) is 19.1. The van der Waals surface area contributed by atoms with Gasteiger partial charge in [-0.15, -0.1) is 0 Å². The number of carbonyl (C=O) groups excluding carboxylic acids is 1. The molecule has 1 unspecified atom stereocenters. The molecule has 10 nitrogen and oxygen atoms in total. The summed E-state index contributed by atoms with van der Waals surface area (Å²) >= 11 is 0. The third-order valence-corrected chi connectivity index (χ3v) is 4.96. The number of aliphatic carboxylic acids is 1. The van der Waals surface area contributed by atoms with Crippen LogP contribution in [-0.4, -0.2) is 58.5 Å². The molecule has 2 rings (SSSR count). The Kier molecular flexibility index (Phi) is 10.7. The number of carboxylic acid groups (broad SMARTS) is 1. The molecule has 4 N–H and O–H groups in total. The van der Waals surface area contributed by atoms with Crippen LogP contribution in [0.15, 0.2) is 34.0 Å². The molecule has 0 fully saturated rings. The highest BCUT2D eigenvalue weighted by atomic mass is 16.4. The molecule has 0 spiro atoms. The largest absolute Gasteiger partial charge is 0.477 e. The van der Waals surface area contributed by atoms with Crippen molar-refractivity contribution in [3.8, 4) is 11.5 Å². The second-order valence-electron chi connectivity index (χ2n) is 7.59. The third-order valence-electron chi connectivity index (χ3n) is 4.96. The molecular formula is C23H32N6O4. The number of aliphatic imine (C=N–C) groups is 1. The van der Waals surface area contributed by atoms with Crippen LogP contribution in [0.4, 0.5) is 5.82 Å². The van der Waals surface area contributed by atoms with Gasteiger partial charge in [0.05, 0.1) is 0 Å². The van der Waals surface area contributed by atoms with Gasteiger partial charge in [0, 0.05) is 31.6 Å². The Morgan fingerprint density at radius 1 is 1.24 bits per heavy atom.